The molecule has 28 heavy (non-hydrogen) atoms. The molecule has 1 atom stereocenters. The van der Waals surface area contributed by atoms with E-state index < -0.39 is 0 Å². The second kappa shape index (κ2) is 17.8. The largest absolute Gasteiger partial charge is 0.299 e. The number of hydrogen-bond acceptors (Lipinski definition) is 4. The maximum Gasteiger partial charge on any atom is 0.143 e. The minimum absolute atomic E-state index is 0.0161. The van der Waals surface area contributed by atoms with Crippen LogP contribution in [0.5, 0.6) is 0 Å². The molecular weight excluding hydrogens is 352 g/mol. The Balaban J connectivity index is 0. The number of hydrogen-bond donors (Lipinski definition) is 0. The summed E-state index contributed by atoms with van der Waals surface area (Å²) in [6.07, 6.45) is 7.33. The Labute approximate surface area is 173 Å². The van der Waals surface area contributed by atoms with E-state index >= 15 is 0 Å². The van der Waals surface area contributed by atoms with E-state index in [4.69, 9.17) is 0 Å². The lowest BCUT2D eigenvalue weighted by Crippen LogP contribution is -2.20. The molecule has 4 heteroatoms. The molecule has 0 amide bonds. The molecule has 0 aromatic carbocycles. The second-order valence-electron chi connectivity index (χ2n) is 8.47. The van der Waals surface area contributed by atoms with E-state index in [1.165, 1.54) is 0 Å². The highest BCUT2D eigenvalue weighted by molar-refractivity contribution is 6.00. The van der Waals surface area contributed by atoms with Crippen LogP contribution in [0.3, 0.4) is 0 Å². The van der Waals surface area contributed by atoms with Crippen LogP contribution in [0, 0.1) is 17.8 Å². The van der Waals surface area contributed by atoms with E-state index in [0.29, 0.717) is 18.8 Å². The van der Waals surface area contributed by atoms with Gasteiger partial charge in [0, 0.05) is 24.7 Å². The Morgan fingerprint density at radius 2 is 1.29 bits per heavy atom. The third kappa shape index (κ3) is 16.8. The van der Waals surface area contributed by atoms with Crippen LogP contribution >= 0.6 is 0 Å². The third-order valence-corrected chi connectivity index (χ3v) is 4.69. The molecule has 0 heterocycles. The summed E-state index contributed by atoms with van der Waals surface area (Å²) >= 11 is 0. The molecule has 0 aliphatic rings. The molecule has 0 N–H and O–H groups in total. The average Bonchev–Trinajstić information content (AvgIpc) is 2.60. The minimum atomic E-state index is -0.0161. The molecule has 0 fully saturated rings. The zero-order valence-electron chi connectivity index (χ0n) is 19.4. The lowest BCUT2D eigenvalue weighted by Gasteiger charge is -2.13. The Morgan fingerprint density at radius 1 is 0.714 bits per heavy atom. The minimum Gasteiger partial charge on any atom is -0.299 e. The zero-order valence-corrected chi connectivity index (χ0v) is 19.4. The van der Waals surface area contributed by atoms with Crippen LogP contribution in [-0.4, -0.2) is 23.1 Å². The van der Waals surface area contributed by atoms with Crippen LogP contribution in [0.25, 0.3) is 0 Å². The molecule has 0 radical (unpaired) electrons. The smallest absolute Gasteiger partial charge is 0.143 e. The van der Waals surface area contributed by atoms with Gasteiger partial charge in [-0.05, 0) is 25.2 Å². The topological polar surface area (TPSA) is 68.3 Å². The lowest BCUT2D eigenvalue weighted by molar-refractivity contribution is -0.131. The van der Waals surface area contributed by atoms with Crippen LogP contribution in [0.2, 0.25) is 0 Å². The van der Waals surface area contributed by atoms with Gasteiger partial charge < -0.3 is 0 Å². The van der Waals surface area contributed by atoms with E-state index in [0.717, 1.165) is 38.5 Å². The molecule has 164 valence electrons. The highest BCUT2D eigenvalue weighted by atomic mass is 16.2. The fourth-order valence-electron chi connectivity index (χ4n) is 2.77. The van der Waals surface area contributed by atoms with Crippen molar-refractivity contribution >= 4 is 23.1 Å². The Hall–Kier alpha value is -1.32. The molecule has 0 rings (SSSR count). The molecule has 1 unspecified atom stereocenters. The van der Waals surface area contributed by atoms with Gasteiger partial charge in [-0.2, -0.15) is 0 Å². The predicted molar refractivity (Wildman–Crippen MR) is 116 cm³/mol. The summed E-state index contributed by atoms with van der Waals surface area (Å²) in [4.78, 5) is 45.6. The van der Waals surface area contributed by atoms with Crippen molar-refractivity contribution in [3.63, 3.8) is 0 Å². The first kappa shape index (κ1) is 28.9. The fraction of sp³-hybridized carbons (Fsp3) is 0.833. The highest BCUT2D eigenvalue weighted by Gasteiger charge is 2.20. The highest BCUT2D eigenvalue weighted by Crippen LogP contribution is 2.16. The third-order valence-electron chi connectivity index (χ3n) is 4.69. The Morgan fingerprint density at radius 3 is 1.71 bits per heavy atom. The number of Topliss-reactive ketones (excluding diaryl/α,β-unsaturated/α-hetero) is 4. The summed E-state index contributed by atoms with van der Waals surface area (Å²) in [5, 5.41) is 0. The number of ketones is 4. The van der Waals surface area contributed by atoms with Crippen molar-refractivity contribution in [2.75, 3.05) is 0 Å². The first-order valence-electron chi connectivity index (χ1n) is 11.2. The molecule has 0 spiro atoms. The molecular formula is C24H44O4. The fourth-order valence-corrected chi connectivity index (χ4v) is 2.77. The zero-order chi connectivity index (χ0) is 22.1. The van der Waals surface area contributed by atoms with Crippen LogP contribution in [0.1, 0.15) is 113 Å². The van der Waals surface area contributed by atoms with E-state index in [2.05, 4.69) is 6.92 Å². The van der Waals surface area contributed by atoms with Crippen molar-refractivity contribution in [2.24, 2.45) is 17.8 Å². The molecule has 0 saturated heterocycles. The molecule has 0 saturated carbocycles. The maximum atomic E-state index is 11.8. The number of unbranched alkanes of at least 4 members (excludes halogenated alkanes) is 2. The van der Waals surface area contributed by atoms with E-state index in [9.17, 15) is 19.2 Å². The van der Waals surface area contributed by atoms with Crippen LogP contribution in [0.15, 0.2) is 0 Å². The summed E-state index contributed by atoms with van der Waals surface area (Å²) in [5.74, 6) is 0.875. The molecule has 0 aromatic rings. The molecule has 0 aliphatic heterocycles. The number of rotatable bonds is 15. The standard InChI is InChI=1S/C13H24O2.C11H20O2/c1-5-7-8-11(6-2)13(15)9-12(14)10(3)4;1-4-5-6-10(12)8-11(13)7-9(2)3/h10-11H,5-9H2,1-4H3;9H,4-8H2,1-3H3. The van der Waals surface area contributed by atoms with Crippen molar-refractivity contribution in [3.05, 3.63) is 0 Å². The van der Waals surface area contributed by atoms with Gasteiger partial charge in [-0.1, -0.05) is 67.7 Å². The van der Waals surface area contributed by atoms with E-state index in [-0.39, 0.29) is 47.8 Å². The van der Waals surface area contributed by atoms with Crippen molar-refractivity contribution in [1.29, 1.82) is 0 Å². The van der Waals surface area contributed by atoms with Gasteiger partial charge in [0.1, 0.15) is 23.1 Å². The van der Waals surface area contributed by atoms with E-state index in [1.54, 1.807) is 0 Å². The molecule has 0 aliphatic carbocycles. The normalized spacial score (nSPS) is 11.8. The van der Waals surface area contributed by atoms with Crippen molar-refractivity contribution in [3.8, 4) is 0 Å². The SMILES string of the molecule is CCCCC(=O)CC(=O)CC(C)C.CCCCC(CC)C(=O)CC(=O)C(C)C. The van der Waals surface area contributed by atoms with Crippen LogP contribution < -0.4 is 0 Å². The van der Waals surface area contributed by atoms with Gasteiger partial charge in [0.25, 0.3) is 0 Å². The maximum absolute atomic E-state index is 11.8. The summed E-state index contributed by atoms with van der Waals surface area (Å²) in [6.45, 7) is 13.9. The van der Waals surface area contributed by atoms with Crippen LogP contribution in [-0.2, 0) is 19.2 Å². The van der Waals surface area contributed by atoms with E-state index in [1.807, 2.05) is 41.5 Å². The molecule has 0 aromatic heterocycles. The van der Waals surface area contributed by atoms with Crippen molar-refractivity contribution in [1.82, 2.24) is 0 Å². The van der Waals surface area contributed by atoms with Gasteiger partial charge in [0.05, 0.1) is 12.8 Å². The average molecular weight is 397 g/mol. The lowest BCUT2D eigenvalue weighted by atomic mass is 9.90. The summed E-state index contributed by atoms with van der Waals surface area (Å²) in [6, 6.07) is 0. The van der Waals surface area contributed by atoms with Gasteiger partial charge in [0.2, 0.25) is 0 Å². The van der Waals surface area contributed by atoms with Gasteiger partial charge in [0.15, 0.2) is 0 Å². The predicted octanol–water partition coefficient (Wildman–Crippen LogP) is 6.14. The quantitative estimate of drug-likeness (QED) is 0.312. The first-order valence-corrected chi connectivity index (χ1v) is 11.2. The molecule has 0 bridgehead atoms. The summed E-state index contributed by atoms with van der Waals surface area (Å²) < 4.78 is 0. The number of carbonyl (C=O) groups excluding carboxylic acids is 4. The van der Waals surface area contributed by atoms with Crippen LogP contribution in [0.4, 0.5) is 0 Å². The van der Waals surface area contributed by atoms with Crippen molar-refractivity contribution < 1.29 is 19.2 Å². The van der Waals surface area contributed by atoms with Gasteiger partial charge in [-0.25, -0.2) is 0 Å². The molecule has 4 nitrogen and oxygen atoms in total. The van der Waals surface area contributed by atoms with Crippen molar-refractivity contribution in [2.45, 2.75) is 113 Å². The number of carbonyl (C=O) groups is 4. The van der Waals surface area contributed by atoms with Gasteiger partial charge >= 0.3 is 0 Å². The Bertz CT molecular complexity index is 463. The Kier molecular flexibility index (Phi) is 18.3. The first-order chi connectivity index (χ1) is 13.1. The summed E-state index contributed by atoms with van der Waals surface area (Å²) in [5.41, 5.74) is 0. The van der Waals surface area contributed by atoms with Gasteiger partial charge in [-0.3, -0.25) is 19.2 Å². The monoisotopic (exact) mass is 396 g/mol. The summed E-state index contributed by atoms with van der Waals surface area (Å²) in [7, 11) is 0. The van der Waals surface area contributed by atoms with Gasteiger partial charge in [-0.15, -0.1) is 0 Å². The second-order valence-corrected chi connectivity index (χ2v) is 8.47.